The minimum absolute atomic E-state index is 1.13. The number of aryl methyl sites for hydroxylation is 1. The van der Waals surface area contributed by atoms with E-state index in [4.69, 9.17) is 0 Å². The summed E-state index contributed by atoms with van der Waals surface area (Å²) in [5.74, 6) is 3.32. The first-order chi connectivity index (χ1) is 11.0. The Morgan fingerprint density at radius 3 is 2.30 bits per heavy atom. The molecule has 1 aromatic carbocycles. The second-order valence-corrected chi connectivity index (χ2v) is 13.1. The van der Waals surface area contributed by atoms with Crippen molar-refractivity contribution in [3.05, 3.63) is 46.8 Å². The maximum absolute atomic E-state index is 3.43. The smallest absolute Gasteiger partial charge is 0.129 e. The van der Waals surface area contributed by atoms with Crippen LogP contribution in [0.3, 0.4) is 0 Å². The zero-order valence-electron chi connectivity index (χ0n) is 14.9. The average Bonchev–Trinajstić information content (AvgIpc) is 2.98. The molecule has 2 aromatic rings. The molecule has 0 saturated heterocycles. The van der Waals surface area contributed by atoms with E-state index < -0.39 is 8.07 Å². The molecule has 0 amide bonds. The van der Waals surface area contributed by atoms with Crippen LogP contribution in [-0.4, -0.2) is 8.07 Å². The number of unbranched alkanes of at least 4 members (excludes halogenated alkanes) is 3. The summed E-state index contributed by atoms with van der Waals surface area (Å²) in [6.07, 6.45) is 6.57. The van der Waals surface area contributed by atoms with Crippen LogP contribution in [0.1, 0.15) is 43.0 Å². The van der Waals surface area contributed by atoms with Gasteiger partial charge in [0, 0.05) is 15.3 Å². The molecule has 0 radical (unpaired) electrons. The molecule has 0 saturated carbocycles. The molecule has 0 unspecified atom stereocenters. The van der Waals surface area contributed by atoms with E-state index in [0.29, 0.717) is 0 Å². The van der Waals surface area contributed by atoms with Gasteiger partial charge in [-0.05, 0) is 42.7 Å². The van der Waals surface area contributed by atoms with E-state index in [1.54, 1.807) is 0 Å². The summed E-state index contributed by atoms with van der Waals surface area (Å²) in [5.41, 5.74) is 5.87. The molecule has 0 fully saturated rings. The molecule has 2 rings (SSSR count). The highest BCUT2D eigenvalue weighted by Crippen LogP contribution is 2.29. The number of hydrogen-bond acceptors (Lipinski definition) is 1. The normalized spacial score (nSPS) is 11.1. The van der Waals surface area contributed by atoms with Gasteiger partial charge < -0.3 is 0 Å². The fraction of sp³-hybridized carbons (Fsp3) is 0.429. The van der Waals surface area contributed by atoms with Crippen molar-refractivity contribution in [3.8, 4) is 21.9 Å². The van der Waals surface area contributed by atoms with Crippen LogP contribution in [0, 0.1) is 11.5 Å². The maximum atomic E-state index is 3.43. The van der Waals surface area contributed by atoms with Crippen molar-refractivity contribution in [3.63, 3.8) is 0 Å². The molecule has 0 spiro atoms. The number of thiophene rings is 1. The molecular weight excluding hydrogens is 312 g/mol. The Kier molecular flexibility index (Phi) is 6.68. The molecule has 0 atom stereocenters. The second-order valence-electron chi connectivity index (χ2n) is 7.15. The van der Waals surface area contributed by atoms with Crippen molar-refractivity contribution in [1.29, 1.82) is 0 Å². The van der Waals surface area contributed by atoms with Crippen molar-refractivity contribution >= 4 is 19.4 Å². The molecular formula is C21H28SSi. The van der Waals surface area contributed by atoms with Crippen molar-refractivity contribution in [2.45, 2.75) is 58.7 Å². The van der Waals surface area contributed by atoms with Crippen LogP contribution < -0.4 is 0 Å². The van der Waals surface area contributed by atoms with Crippen molar-refractivity contribution < 1.29 is 0 Å². The Morgan fingerprint density at radius 2 is 1.65 bits per heavy atom. The Bertz CT molecular complexity index is 662. The Balaban J connectivity index is 1.99. The third kappa shape index (κ3) is 6.37. The Hall–Kier alpha value is -1.30. The van der Waals surface area contributed by atoms with Crippen LogP contribution in [0.25, 0.3) is 10.4 Å². The lowest BCUT2D eigenvalue weighted by Gasteiger charge is -2.03. The van der Waals surface area contributed by atoms with E-state index in [1.165, 1.54) is 47.4 Å². The first-order valence-electron chi connectivity index (χ1n) is 8.70. The molecule has 0 bridgehead atoms. The number of benzene rings is 1. The SMILES string of the molecule is CCCCCCc1ccc(-c2ccc(C#C[Si](C)(C)C)cc2)s1. The average molecular weight is 341 g/mol. The van der Waals surface area contributed by atoms with E-state index >= 15 is 0 Å². The molecule has 2 heteroatoms. The Morgan fingerprint density at radius 1 is 0.913 bits per heavy atom. The van der Waals surface area contributed by atoms with E-state index in [-0.39, 0.29) is 0 Å². The minimum atomic E-state index is -1.29. The van der Waals surface area contributed by atoms with Gasteiger partial charge in [-0.15, -0.1) is 16.9 Å². The van der Waals surface area contributed by atoms with E-state index in [0.717, 1.165) is 5.56 Å². The third-order valence-electron chi connectivity index (χ3n) is 3.69. The van der Waals surface area contributed by atoms with Gasteiger partial charge in [0.1, 0.15) is 8.07 Å². The molecule has 0 aliphatic rings. The van der Waals surface area contributed by atoms with E-state index in [1.807, 2.05) is 11.3 Å². The molecule has 0 nitrogen and oxygen atoms in total. The predicted octanol–water partition coefficient (Wildman–Crippen LogP) is 6.77. The highest BCUT2D eigenvalue weighted by molar-refractivity contribution is 7.15. The van der Waals surface area contributed by atoms with Gasteiger partial charge in [0.15, 0.2) is 0 Å². The van der Waals surface area contributed by atoms with Crippen molar-refractivity contribution in [1.82, 2.24) is 0 Å². The largest absolute Gasteiger partial charge is 0.140 e. The second kappa shape index (κ2) is 8.52. The summed E-state index contributed by atoms with van der Waals surface area (Å²) < 4.78 is 0. The number of rotatable bonds is 6. The van der Waals surface area contributed by atoms with Gasteiger partial charge in [-0.2, -0.15) is 0 Å². The first kappa shape index (κ1) is 18.0. The van der Waals surface area contributed by atoms with Crippen LogP contribution in [-0.2, 0) is 6.42 Å². The van der Waals surface area contributed by atoms with Gasteiger partial charge in [0.25, 0.3) is 0 Å². The van der Waals surface area contributed by atoms with Crippen LogP contribution in [0.15, 0.2) is 36.4 Å². The van der Waals surface area contributed by atoms with Crippen molar-refractivity contribution in [2.75, 3.05) is 0 Å². The quantitative estimate of drug-likeness (QED) is 0.309. The lowest BCUT2D eigenvalue weighted by atomic mass is 10.1. The summed E-state index contributed by atoms with van der Waals surface area (Å²) in [7, 11) is -1.29. The summed E-state index contributed by atoms with van der Waals surface area (Å²) in [6.45, 7) is 9.10. The molecule has 122 valence electrons. The third-order valence-corrected chi connectivity index (χ3v) is 5.76. The molecule has 23 heavy (non-hydrogen) atoms. The summed E-state index contributed by atoms with van der Waals surface area (Å²) in [4.78, 5) is 2.89. The molecule has 0 aliphatic heterocycles. The van der Waals surface area contributed by atoms with Gasteiger partial charge in [-0.1, -0.05) is 63.9 Å². The standard InChI is InChI=1S/C21H28SSi/c1-5-6-7-8-9-20-14-15-21(22-20)19-12-10-18(11-13-19)16-17-23(2,3)4/h10-15H,5-9H2,1-4H3. The first-order valence-corrected chi connectivity index (χ1v) is 13.0. The zero-order valence-corrected chi connectivity index (χ0v) is 16.7. The molecule has 0 aliphatic carbocycles. The Labute approximate surface area is 147 Å². The van der Waals surface area contributed by atoms with Gasteiger partial charge in [0.2, 0.25) is 0 Å². The van der Waals surface area contributed by atoms with Crippen LogP contribution in [0.2, 0.25) is 19.6 Å². The molecule has 0 N–H and O–H groups in total. The van der Waals surface area contributed by atoms with Crippen LogP contribution in [0.5, 0.6) is 0 Å². The summed E-state index contributed by atoms with van der Waals surface area (Å²) >= 11 is 1.94. The van der Waals surface area contributed by atoms with Gasteiger partial charge in [0.05, 0.1) is 0 Å². The summed E-state index contributed by atoms with van der Waals surface area (Å²) in [5, 5.41) is 0. The van der Waals surface area contributed by atoms with Crippen LogP contribution in [0.4, 0.5) is 0 Å². The van der Waals surface area contributed by atoms with Crippen LogP contribution >= 0.6 is 11.3 Å². The number of hydrogen-bond donors (Lipinski definition) is 0. The monoisotopic (exact) mass is 340 g/mol. The van der Waals surface area contributed by atoms with Gasteiger partial charge in [-0.25, -0.2) is 0 Å². The van der Waals surface area contributed by atoms with Gasteiger partial charge in [-0.3, -0.25) is 0 Å². The molecule has 1 aromatic heterocycles. The fourth-order valence-electron chi connectivity index (χ4n) is 2.37. The topological polar surface area (TPSA) is 0 Å². The predicted molar refractivity (Wildman–Crippen MR) is 108 cm³/mol. The summed E-state index contributed by atoms with van der Waals surface area (Å²) in [6, 6.07) is 13.3. The van der Waals surface area contributed by atoms with Gasteiger partial charge >= 0.3 is 0 Å². The highest BCUT2D eigenvalue weighted by Gasteiger charge is 2.07. The minimum Gasteiger partial charge on any atom is -0.140 e. The highest BCUT2D eigenvalue weighted by atomic mass is 32.1. The van der Waals surface area contributed by atoms with E-state index in [9.17, 15) is 0 Å². The lowest BCUT2D eigenvalue weighted by Crippen LogP contribution is -2.16. The maximum Gasteiger partial charge on any atom is 0.129 e. The zero-order chi connectivity index (χ0) is 16.7. The molecule has 1 heterocycles. The van der Waals surface area contributed by atoms with E-state index in [2.05, 4.69) is 74.4 Å². The van der Waals surface area contributed by atoms with Crippen molar-refractivity contribution in [2.24, 2.45) is 0 Å². The fourth-order valence-corrected chi connectivity index (χ4v) is 3.95. The lowest BCUT2D eigenvalue weighted by molar-refractivity contribution is 0.670.